The molecule has 2 nitrogen and oxygen atoms in total. The highest BCUT2D eigenvalue weighted by molar-refractivity contribution is 5.85. The van der Waals surface area contributed by atoms with Gasteiger partial charge in [0.15, 0.2) is 0 Å². The zero-order valence-corrected chi connectivity index (χ0v) is 24.2. The van der Waals surface area contributed by atoms with Gasteiger partial charge in [-0.2, -0.15) is 0 Å². The molecular formula is C40H34O2. The number of ether oxygens (including phenoxy) is 2. The monoisotopic (exact) mass is 546 g/mol. The van der Waals surface area contributed by atoms with Crippen LogP contribution in [0.5, 0.6) is 0 Å². The molecule has 0 atom stereocenters. The van der Waals surface area contributed by atoms with Crippen molar-refractivity contribution in [1.29, 1.82) is 0 Å². The van der Waals surface area contributed by atoms with Crippen LogP contribution in [0.1, 0.15) is 33.4 Å². The standard InChI is InChI=1S/C40H34O2/c1-41-25-9-19-39-29-35-15-5-3-13-33(35)27-37(39)17-7-11-31-21-23-32(24-22-31)12-8-18-38-28-34-14-4-6-16-36(34)30-40(38)20-10-26-42-2/h3-6,9-10,13-16,21-30H,17-20H2,1-2H3/b25-9+,26-10+. The van der Waals surface area contributed by atoms with E-state index in [1.807, 2.05) is 12.2 Å². The smallest absolute Gasteiger partial charge is 0.0788 e. The Balaban J connectivity index is 1.28. The van der Waals surface area contributed by atoms with E-state index in [2.05, 4.69) is 121 Å². The second-order valence-electron chi connectivity index (χ2n) is 10.1. The Labute approximate surface area is 249 Å². The molecule has 0 amide bonds. The molecule has 0 aliphatic rings. The highest BCUT2D eigenvalue weighted by Crippen LogP contribution is 2.23. The summed E-state index contributed by atoms with van der Waals surface area (Å²) in [4.78, 5) is 0. The number of allylic oxidation sites excluding steroid dienone is 2. The van der Waals surface area contributed by atoms with E-state index in [-0.39, 0.29) is 0 Å². The molecule has 5 rings (SSSR count). The topological polar surface area (TPSA) is 18.5 Å². The largest absolute Gasteiger partial charge is 0.505 e. The van der Waals surface area contributed by atoms with Crippen LogP contribution in [0.2, 0.25) is 0 Å². The molecule has 0 radical (unpaired) electrons. The minimum atomic E-state index is 0.691. The number of rotatable bonds is 8. The van der Waals surface area contributed by atoms with Crippen LogP contribution in [0.3, 0.4) is 0 Å². The van der Waals surface area contributed by atoms with Gasteiger partial charge in [0.25, 0.3) is 0 Å². The summed E-state index contributed by atoms with van der Waals surface area (Å²) in [6.45, 7) is 0. The van der Waals surface area contributed by atoms with E-state index in [0.29, 0.717) is 12.8 Å². The maximum absolute atomic E-state index is 5.10. The van der Waals surface area contributed by atoms with Gasteiger partial charge in [-0.05, 0) is 105 Å². The van der Waals surface area contributed by atoms with Crippen LogP contribution in [-0.2, 0) is 35.2 Å². The first kappa shape index (κ1) is 28.4. The van der Waals surface area contributed by atoms with Gasteiger partial charge in [0.2, 0.25) is 0 Å². The molecule has 0 aliphatic carbocycles. The Bertz CT molecular complexity index is 1710. The molecule has 0 aliphatic heterocycles. The first-order chi connectivity index (χ1) is 20.7. The number of fused-ring (bicyclic) bond motifs is 2. The van der Waals surface area contributed by atoms with Crippen LogP contribution in [-0.4, -0.2) is 14.2 Å². The lowest BCUT2D eigenvalue weighted by Crippen LogP contribution is -1.93. The Morgan fingerprint density at radius 3 is 1.21 bits per heavy atom. The minimum Gasteiger partial charge on any atom is -0.505 e. The van der Waals surface area contributed by atoms with E-state index >= 15 is 0 Å². The van der Waals surface area contributed by atoms with Gasteiger partial charge >= 0.3 is 0 Å². The molecule has 0 bridgehead atoms. The minimum absolute atomic E-state index is 0.691. The predicted molar refractivity (Wildman–Crippen MR) is 175 cm³/mol. The Morgan fingerprint density at radius 1 is 0.500 bits per heavy atom. The Morgan fingerprint density at radius 2 is 0.857 bits per heavy atom. The van der Waals surface area contributed by atoms with E-state index in [1.165, 1.54) is 43.8 Å². The van der Waals surface area contributed by atoms with Gasteiger partial charge in [-0.3, -0.25) is 0 Å². The van der Waals surface area contributed by atoms with Crippen LogP contribution < -0.4 is 0 Å². The molecule has 0 saturated carbocycles. The Hall–Kier alpha value is -5.18. The summed E-state index contributed by atoms with van der Waals surface area (Å²) in [7, 11) is 3.34. The lowest BCUT2D eigenvalue weighted by Gasteiger charge is -2.08. The molecular weight excluding hydrogens is 512 g/mol. The first-order valence-electron chi connectivity index (χ1n) is 14.2. The van der Waals surface area contributed by atoms with Crippen LogP contribution in [0.4, 0.5) is 0 Å². The van der Waals surface area contributed by atoms with Crippen LogP contribution >= 0.6 is 0 Å². The maximum Gasteiger partial charge on any atom is 0.0788 e. The first-order valence-corrected chi connectivity index (χ1v) is 14.2. The molecule has 5 aromatic rings. The van der Waals surface area contributed by atoms with Gasteiger partial charge in [0, 0.05) is 24.0 Å². The molecule has 42 heavy (non-hydrogen) atoms. The van der Waals surface area contributed by atoms with Crippen molar-refractivity contribution in [1.82, 2.24) is 0 Å². The van der Waals surface area contributed by atoms with Crippen molar-refractivity contribution in [3.63, 3.8) is 0 Å². The molecule has 0 aromatic heterocycles. The van der Waals surface area contributed by atoms with Crippen LogP contribution in [0.25, 0.3) is 21.5 Å². The van der Waals surface area contributed by atoms with Crippen molar-refractivity contribution in [2.45, 2.75) is 25.7 Å². The number of hydrogen-bond acceptors (Lipinski definition) is 2. The van der Waals surface area contributed by atoms with E-state index in [1.54, 1.807) is 26.7 Å². The van der Waals surface area contributed by atoms with Crippen molar-refractivity contribution in [3.05, 3.63) is 155 Å². The van der Waals surface area contributed by atoms with Crippen molar-refractivity contribution in [3.8, 4) is 23.7 Å². The molecule has 0 fully saturated rings. The molecule has 0 N–H and O–H groups in total. The van der Waals surface area contributed by atoms with Gasteiger partial charge in [0.05, 0.1) is 26.7 Å². The van der Waals surface area contributed by atoms with Crippen molar-refractivity contribution in [2.75, 3.05) is 14.2 Å². The normalized spacial score (nSPS) is 10.9. The fourth-order valence-electron chi connectivity index (χ4n) is 5.04. The SMILES string of the molecule is CO/C=C/Cc1cc2ccccc2cc1CC#Cc1ccc(C#CCc2cc3ccccc3cc2C/C=C/OC)cc1. The lowest BCUT2D eigenvalue weighted by molar-refractivity contribution is 0.336. The average molecular weight is 547 g/mol. The predicted octanol–water partition coefficient (Wildman–Crippen LogP) is 8.59. The highest BCUT2D eigenvalue weighted by atomic mass is 16.5. The van der Waals surface area contributed by atoms with Gasteiger partial charge in [0.1, 0.15) is 0 Å². The van der Waals surface area contributed by atoms with Crippen LogP contribution in [0, 0.1) is 23.7 Å². The van der Waals surface area contributed by atoms with E-state index in [9.17, 15) is 0 Å². The molecule has 0 saturated heterocycles. The van der Waals surface area contributed by atoms with Crippen molar-refractivity contribution >= 4 is 21.5 Å². The summed E-state index contributed by atoms with van der Waals surface area (Å²) in [5.41, 5.74) is 7.01. The summed E-state index contributed by atoms with van der Waals surface area (Å²) in [6, 6.07) is 34.2. The molecule has 0 spiro atoms. The quantitative estimate of drug-likeness (QED) is 0.143. The van der Waals surface area contributed by atoms with Crippen LogP contribution in [0.15, 0.2) is 122 Å². The van der Waals surface area contributed by atoms with E-state index < -0.39 is 0 Å². The second kappa shape index (κ2) is 14.5. The van der Waals surface area contributed by atoms with E-state index in [4.69, 9.17) is 9.47 Å². The summed E-state index contributed by atoms with van der Waals surface area (Å²) in [6.07, 6.45) is 10.6. The van der Waals surface area contributed by atoms with Crippen molar-refractivity contribution in [2.24, 2.45) is 0 Å². The third kappa shape index (κ3) is 7.51. The summed E-state index contributed by atoms with van der Waals surface area (Å²) in [5.74, 6) is 13.4. The fourth-order valence-corrected chi connectivity index (χ4v) is 5.04. The van der Waals surface area contributed by atoms with Gasteiger partial charge in [-0.1, -0.05) is 84.3 Å². The van der Waals surface area contributed by atoms with Gasteiger partial charge in [-0.15, -0.1) is 0 Å². The summed E-state index contributed by atoms with van der Waals surface area (Å²) in [5, 5.41) is 4.95. The van der Waals surface area contributed by atoms with Gasteiger partial charge < -0.3 is 9.47 Å². The Kier molecular flexibility index (Phi) is 9.76. The average Bonchev–Trinajstić information content (AvgIpc) is 3.02. The summed E-state index contributed by atoms with van der Waals surface area (Å²) < 4.78 is 10.2. The molecule has 0 heterocycles. The molecule has 0 unspecified atom stereocenters. The molecule has 5 aromatic carbocycles. The van der Waals surface area contributed by atoms with Gasteiger partial charge in [-0.25, -0.2) is 0 Å². The number of benzene rings is 5. The second-order valence-corrected chi connectivity index (χ2v) is 10.1. The van der Waals surface area contributed by atoms with Crippen molar-refractivity contribution < 1.29 is 9.47 Å². The molecule has 2 heteroatoms. The third-order valence-electron chi connectivity index (χ3n) is 7.18. The third-order valence-corrected chi connectivity index (χ3v) is 7.18. The maximum atomic E-state index is 5.10. The zero-order chi connectivity index (χ0) is 29.0. The van der Waals surface area contributed by atoms with E-state index in [0.717, 1.165) is 24.0 Å². The number of methoxy groups -OCH3 is 2. The molecule has 206 valence electrons. The zero-order valence-electron chi connectivity index (χ0n) is 24.2. The highest BCUT2D eigenvalue weighted by Gasteiger charge is 2.05. The number of hydrogen-bond donors (Lipinski definition) is 0. The lowest BCUT2D eigenvalue weighted by atomic mass is 9.96. The summed E-state index contributed by atoms with van der Waals surface area (Å²) >= 11 is 0. The fraction of sp³-hybridized carbons (Fsp3) is 0.150.